The number of rotatable bonds is 5. The Morgan fingerprint density at radius 3 is 2.77 bits per heavy atom. The first kappa shape index (κ1) is 18.3. The number of hydrogen-bond donors (Lipinski definition) is 2. The van der Waals surface area contributed by atoms with Crippen molar-refractivity contribution in [3.63, 3.8) is 0 Å². The van der Waals surface area contributed by atoms with Gasteiger partial charge in [0.1, 0.15) is 10.5 Å². The van der Waals surface area contributed by atoms with Crippen LogP contribution in [0.1, 0.15) is 10.7 Å². The fraction of sp³-hybridized carbons (Fsp3) is 0.100. The molecule has 0 unspecified atom stereocenters. The summed E-state index contributed by atoms with van der Waals surface area (Å²) >= 11 is 1.55. The molecule has 1 aromatic carbocycles. The van der Waals surface area contributed by atoms with Crippen molar-refractivity contribution >= 4 is 28.3 Å². The van der Waals surface area contributed by atoms with Crippen LogP contribution >= 0.6 is 11.3 Å². The summed E-state index contributed by atoms with van der Waals surface area (Å²) in [6.45, 7) is 2.47. The Hall–Kier alpha value is -3.79. The molecule has 0 atom stereocenters. The zero-order valence-electron chi connectivity index (χ0n) is 15.8. The molecule has 0 fully saturated rings. The molecule has 0 spiro atoms. The van der Waals surface area contributed by atoms with Gasteiger partial charge in [-0.3, -0.25) is 5.10 Å². The molecule has 0 saturated heterocycles. The molecule has 2 N–H and O–H groups in total. The number of benzene rings is 1. The van der Waals surface area contributed by atoms with Crippen molar-refractivity contribution in [3.8, 4) is 21.8 Å². The molecule has 0 saturated carbocycles. The second kappa shape index (κ2) is 7.56. The average Bonchev–Trinajstić information content (AvgIpc) is 3.40. The van der Waals surface area contributed by atoms with Crippen molar-refractivity contribution in [2.24, 2.45) is 0 Å². The first-order valence-electron chi connectivity index (χ1n) is 9.12. The van der Waals surface area contributed by atoms with Crippen LogP contribution in [0.5, 0.6) is 0 Å². The number of aryl methyl sites for hydroxylation is 1. The lowest BCUT2D eigenvalue weighted by molar-refractivity contribution is 0.636. The summed E-state index contributed by atoms with van der Waals surface area (Å²) < 4.78 is 14.3. The summed E-state index contributed by atoms with van der Waals surface area (Å²) in [5.74, 6) is 0.117. The minimum absolute atomic E-state index is 0.216. The average molecular weight is 418 g/mol. The largest absolute Gasteiger partial charge is 0.348 e. The Kier molecular flexibility index (Phi) is 4.60. The van der Waals surface area contributed by atoms with E-state index in [1.54, 1.807) is 35.9 Å². The van der Waals surface area contributed by atoms with Crippen molar-refractivity contribution in [1.29, 1.82) is 0 Å². The number of halogens is 1. The molecule has 0 aliphatic heterocycles. The van der Waals surface area contributed by atoms with Gasteiger partial charge in [0.05, 0.1) is 34.0 Å². The molecule has 10 heteroatoms. The molecule has 0 radical (unpaired) electrons. The number of thiazole rings is 1. The SMILES string of the molecule is Cc1nc(CNc2ncccn2)sc1-c1cccc(-c2cc(F)c3nn[nH]c3c2)n1. The fourth-order valence-corrected chi connectivity index (χ4v) is 4.07. The number of aromatic nitrogens is 7. The number of pyridine rings is 1. The van der Waals surface area contributed by atoms with Crippen LogP contribution in [0.3, 0.4) is 0 Å². The number of nitrogens with zero attached hydrogens (tertiary/aromatic N) is 6. The third-order valence-corrected chi connectivity index (χ3v) is 5.65. The zero-order chi connectivity index (χ0) is 20.5. The maximum atomic E-state index is 14.3. The van der Waals surface area contributed by atoms with Crippen LogP contribution in [-0.4, -0.2) is 35.3 Å². The minimum atomic E-state index is -0.436. The summed E-state index contributed by atoms with van der Waals surface area (Å²) in [4.78, 5) is 18.6. The van der Waals surface area contributed by atoms with Crippen molar-refractivity contribution < 1.29 is 4.39 Å². The van der Waals surface area contributed by atoms with E-state index < -0.39 is 5.82 Å². The van der Waals surface area contributed by atoms with Crippen molar-refractivity contribution in [2.45, 2.75) is 13.5 Å². The van der Waals surface area contributed by atoms with E-state index >= 15 is 0 Å². The van der Waals surface area contributed by atoms with E-state index in [4.69, 9.17) is 4.98 Å². The Morgan fingerprint density at radius 1 is 1.07 bits per heavy atom. The third kappa shape index (κ3) is 3.48. The van der Waals surface area contributed by atoms with Crippen molar-refractivity contribution in [2.75, 3.05) is 5.32 Å². The molecule has 4 aromatic heterocycles. The molecule has 8 nitrogen and oxygen atoms in total. The molecule has 30 heavy (non-hydrogen) atoms. The first-order chi connectivity index (χ1) is 14.7. The van der Waals surface area contributed by atoms with Crippen LogP contribution in [-0.2, 0) is 6.54 Å². The number of H-pyrrole nitrogens is 1. The predicted octanol–water partition coefficient (Wildman–Crippen LogP) is 3.99. The Balaban J connectivity index is 1.44. The number of hydrogen-bond acceptors (Lipinski definition) is 8. The molecular formula is C20H15FN8S. The summed E-state index contributed by atoms with van der Waals surface area (Å²) in [7, 11) is 0. The maximum absolute atomic E-state index is 14.3. The van der Waals surface area contributed by atoms with Crippen LogP contribution < -0.4 is 5.32 Å². The Labute approximate surface area is 174 Å². The van der Waals surface area contributed by atoms with Gasteiger partial charge in [0, 0.05) is 18.0 Å². The van der Waals surface area contributed by atoms with Gasteiger partial charge in [-0.15, -0.1) is 16.4 Å². The highest BCUT2D eigenvalue weighted by molar-refractivity contribution is 7.15. The Bertz CT molecular complexity index is 1330. The van der Waals surface area contributed by atoms with Gasteiger partial charge in [0.15, 0.2) is 5.82 Å². The number of nitrogens with one attached hydrogen (secondary N) is 2. The lowest BCUT2D eigenvalue weighted by atomic mass is 10.1. The summed E-state index contributed by atoms with van der Waals surface area (Å²) in [6, 6.07) is 10.7. The molecule has 0 bridgehead atoms. The van der Waals surface area contributed by atoms with Gasteiger partial charge >= 0.3 is 0 Å². The van der Waals surface area contributed by atoms with E-state index in [1.807, 2.05) is 25.1 Å². The quantitative estimate of drug-likeness (QED) is 0.444. The van der Waals surface area contributed by atoms with Crippen molar-refractivity contribution in [1.82, 2.24) is 35.3 Å². The summed E-state index contributed by atoms with van der Waals surface area (Å²) in [5, 5.41) is 14.2. The van der Waals surface area contributed by atoms with E-state index in [1.165, 1.54) is 6.07 Å². The standard InChI is InChI=1S/C20H15FN8S/c1-11-19(30-17(25-11)10-24-20-22-6-3-7-23-20)15-5-2-4-14(26-15)12-8-13(21)18-16(9-12)27-29-28-18/h2-9H,10H2,1H3,(H,22,23,24)(H,27,28,29). The number of fused-ring (bicyclic) bond motifs is 1. The highest BCUT2D eigenvalue weighted by atomic mass is 32.1. The van der Waals surface area contributed by atoms with E-state index in [9.17, 15) is 4.39 Å². The summed E-state index contributed by atoms with van der Waals surface area (Å²) in [6.07, 6.45) is 3.37. The van der Waals surface area contributed by atoms with Gasteiger partial charge in [-0.25, -0.2) is 24.3 Å². The fourth-order valence-electron chi connectivity index (χ4n) is 3.10. The smallest absolute Gasteiger partial charge is 0.222 e. The van der Waals surface area contributed by atoms with E-state index in [0.29, 0.717) is 29.3 Å². The molecule has 0 aliphatic carbocycles. The topological polar surface area (TPSA) is 105 Å². The molecule has 5 rings (SSSR count). The van der Waals surface area contributed by atoms with E-state index in [0.717, 1.165) is 21.3 Å². The van der Waals surface area contributed by atoms with Crippen LogP contribution in [0.2, 0.25) is 0 Å². The molecule has 148 valence electrons. The van der Waals surface area contributed by atoms with Crippen LogP contribution in [0.4, 0.5) is 10.3 Å². The number of aromatic amines is 1. The second-order valence-electron chi connectivity index (χ2n) is 6.52. The van der Waals surface area contributed by atoms with Crippen LogP contribution in [0, 0.1) is 12.7 Å². The molecule has 0 amide bonds. The highest BCUT2D eigenvalue weighted by Crippen LogP contribution is 2.31. The molecule has 5 aromatic rings. The lowest BCUT2D eigenvalue weighted by Crippen LogP contribution is -2.02. The molecule has 0 aliphatic rings. The normalized spacial score (nSPS) is 11.1. The maximum Gasteiger partial charge on any atom is 0.222 e. The van der Waals surface area contributed by atoms with Crippen LogP contribution in [0.25, 0.3) is 32.9 Å². The van der Waals surface area contributed by atoms with Gasteiger partial charge in [-0.1, -0.05) is 11.3 Å². The lowest BCUT2D eigenvalue weighted by Gasteiger charge is -2.05. The van der Waals surface area contributed by atoms with E-state index in [2.05, 4.69) is 35.7 Å². The monoisotopic (exact) mass is 418 g/mol. The Morgan fingerprint density at radius 2 is 1.90 bits per heavy atom. The molecule has 4 heterocycles. The van der Waals surface area contributed by atoms with Gasteiger partial charge < -0.3 is 5.32 Å². The van der Waals surface area contributed by atoms with E-state index in [-0.39, 0.29) is 5.52 Å². The summed E-state index contributed by atoms with van der Waals surface area (Å²) in [5.41, 5.74) is 3.73. The molecular weight excluding hydrogens is 403 g/mol. The second-order valence-corrected chi connectivity index (χ2v) is 7.61. The highest BCUT2D eigenvalue weighted by Gasteiger charge is 2.14. The van der Waals surface area contributed by atoms with Gasteiger partial charge in [-0.05, 0) is 37.3 Å². The van der Waals surface area contributed by atoms with Gasteiger partial charge in [-0.2, -0.15) is 0 Å². The van der Waals surface area contributed by atoms with Gasteiger partial charge in [0.2, 0.25) is 5.95 Å². The number of anilines is 1. The minimum Gasteiger partial charge on any atom is -0.348 e. The predicted molar refractivity (Wildman–Crippen MR) is 112 cm³/mol. The van der Waals surface area contributed by atoms with Gasteiger partial charge in [0.25, 0.3) is 0 Å². The van der Waals surface area contributed by atoms with Crippen LogP contribution in [0.15, 0.2) is 48.8 Å². The zero-order valence-corrected chi connectivity index (χ0v) is 16.6. The van der Waals surface area contributed by atoms with Crippen molar-refractivity contribution in [3.05, 3.63) is 65.3 Å². The third-order valence-electron chi connectivity index (χ3n) is 4.47. The first-order valence-corrected chi connectivity index (χ1v) is 9.94.